The Hall–Kier alpha value is -2.92. The monoisotopic (exact) mass is 487 g/mol. The minimum Gasteiger partial charge on any atom is -0.345 e. The molecule has 33 heavy (non-hydrogen) atoms. The fourth-order valence-corrected chi connectivity index (χ4v) is 5.60. The second-order valence-electron chi connectivity index (χ2n) is 7.87. The number of benzene rings is 1. The summed E-state index contributed by atoms with van der Waals surface area (Å²) in [6.45, 7) is 1.31. The average molecular weight is 488 g/mol. The zero-order valence-electron chi connectivity index (χ0n) is 17.6. The van der Waals surface area contributed by atoms with E-state index in [1.165, 1.54) is 4.31 Å². The first-order valence-corrected chi connectivity index (χ1v) is 12.3. The topological polar surface area (TPSA) is 98.8 Å². The lowest BCUT2D eigenvalue weighted by atomic mass is 10.1. The summed E-state index contributed by atoms with van der Waals surface area (Å²) < 4.78 is 27.6. The highest BCUT2D eigenvalue weighted by atomic mass is 35.5. The summed E-state index contributed by atoms with van der Waals surface area (Å²) in [5.41, 5.74) is 1.53. The molecule has 172 valence electrons. The molecule has 9 nitrogen and oxygen atoms in total. The summed E-state index contributed by atoms with van der Waals surface area (Å²) in [6.07, 6.45) is 6.87. The Morgan fingerprint density at radius 3 is 2.55 bits per heavy atom. The van der Waals surface area contributed by atoms with Gasteiger partial charge in [-0.05, 0) is 36.4 Å². The Morgan fingerprint density at radius 1 is 1.09 bits per heavy atom. The van der Waals surface area contributed by atoms with E-state index in [9.17, 15) is 13.2 Å². The van der Waals surface area contributed by atoms with Crippen molar-refractivity contribution in [3.63, 3.8) is 0 Å². The highest BCUT2D eigenvalue weighted by Gasteiger charge is 2.33. The summed E-state index contributed by atoms with van der Waals surface area (Å²) in [5.74, 6) is -0.484. The van der Waals surface area contributed by atoms with Crippen molar-refractivity contribution < 1.29 is 18.0 Å². The molecule has 1 atom stereocenters. The van der Waals surface area contributed by atoms with Gasteiger partial charge >= 0.3 is 0 Å². The molecule has 1 saturated heterocycles. The quantitative estimate of drug-likeness (QED) is 0.607. The second-order valence-corrected chi connectivity index (χ2v) is 10.2. The Labute approximate surface area is 196 Å². The van der Waals surface area contributed by atoms with Crippen LogP contribution in [0.1, 0.15) is 0 Å². The number of rotatable bonds is 4. The van der Waals surface area contributed by atoms with E-state index in [0.29, 0.717) is 23.6 Å². The van der Waals surface area contributed by atoms with E-state index < -0.39 is 15.9 Å². The van der Waals surface area contributed by atoms with E-state index in [1.807, 2.05) is 18.2 Å². The number of nitrogens with zero attached hydrogens (tertiary/aromatic N) is 4. The van der Waals surface area contributed by atoms with Gasteiger partial charge in [0.15, 0.2) is 0 Å². The molecule has 4 heterocycles. The minimum atomic E-state index is -3.70. The van der Waals surface area contributed by atoms with Crippen LogP contribution in [0.15, 0.2) is 66.1 Å². The number of pyridine rings is 1. The molecule has 11 heteroatoms. The van der Waals surface area contributed by atoms with E-state index >= 15 is 0 Å². The summed E-state index contributed by atoms with van der Waals surface area (Å²) >= 11 is 6.01. The van der Waals surface area contributed by atoms with Gasteiger partial charge in [-0.2, -0.15) is 4.31 Å². The van der Waals surface area contributed by atoms with Crippen LogP contribution in [0.25, 0.3) is 10.9 Å². The maximum absolute atomic E-state index is 13.1. The molecule has 0 bridgehead atoms. The third-order valence-electron chi connectivity index (χ3n) is 5.81. The van der Waals surface area contributed by atoms with Crippen LogP contribution in [0.5, 0.6) is 0 Å². The fourth-order valence-electron chi connectivity index (χ4n) is 3.98. The number of carbonyl (C=O) groups excluding carboxylic acids is 1. The maximum Gasteiger partial charge on any atom is 0.258 e. The Balaban J connectivity index is 1.22. The van der Waals surface area contributed by atoms with Crippen LogP contribution in [0.4, 0.5) is 5.69 Å². The molecule has 0 radical (unpaired) electrons. The smallest absolute Gasteiger partial charge is 0.258 e. The number of piperazine rings is 1. The van der Waals surface area contributed by atoms with Crippen molar-refractivity contribution in [1.29, 1.82) is 0 Å². The molecule has 0 saturated carbocycles. The minimum absolute atomic E-state index is 0.0714. The number of fused-ring (bicyclic) bond motifs is 1. The van der Waals surface area contributed by atoms with Gasteiger partial charge in [-0.15, -0.1) is 0 Å². The number of halogens is 1. The van der Waals surface area contributed by atoms with Gasteiger partial charge in [0.05, 0.1) is 18.2 Å². The molecular formula is C22H22ClN5O4S. The van der Waals surface area contributed by atoms with Gasteiger partial charge in [0.1, 0.15) is 5.03 Å². The summed E-state index contributed by atoms with van der Waals surface area (Å²) in [4.78, 5) is 27.3. The number of H-pyrrole nitrogens is 1. The zero-order chi connectivity index (χ0) is 23.0. The second kappa shape index (κ2) is 8.79. The number of amides is 1. The molecule has 0 aliphatic carbocycles. The average Bonchev–Trinajstić information content (AvgIpc) is 3.28. The molecule has 1 fully saturated rings. The van der Waals surface area contributed by atoms with Crippen LogP contribution in [-0.2, 0) is 19.7 Å². The van der Waals surface area contributed by atoms with E-state index in [4.69, 9.17) is 16.4 Å². The van der Waals surface area contributed by atoms with E-state index in [0.717, 1.165) is 11.1 Å². The normalized spacial score (nSPS) is 19.8. The Bertz CT molecular complexity index is 1300. The Kier molecular flexibility index (Phi) is 5.83. The van der Waals surface area contributed by atoms with E-state index in [2.05, 4.69) is 9.97 Å². The molecule has 1 unspecified atom stereocenters. The predicted octanol–water partition coefficient (Wildman–Crippen LogP) is 2.63. The third-order valence-corrected chi connectivity index (χ3v) is 7.86. The van der Waals surface area contributed by atoms with Gasteiger partial charge in [0, 0.05) is 60.7 Å². The standard InChI is InChI=1S/C22H22ClN5O4S/c23-18-1-2-20-17(13-18)14-21(25-20)33(30,31)27-11-9-26(10-12-27)22(29)16-5-8-28(32-15-16)19-3-6-24-7-4-19/h1-8,13-14,16,25H,9-12,15H2. The SMILES string of the molecule is O=C(C1C=CN(c2ccncc2)OC1)N1CCN(S(=O)(=O)c2cc3cc(Cl)ccc3[nH]2)CC1. The summed E-state index contributed by atoms with van der Waals surface area (Å²) in [7, 11) is -3.70. The molecule has 1 aromatic carbocycles. The Morgan fingerprint density at radius 2 is 1.85 bits per heavy atom. The number of nitrogens with one attached hydrogen (secondary N) is 1. The van der Waals surface area contributed by atoms with Crippen molar-refractivity contribution in [3.05, 3.63) is 66.1 Å². The van der Waals surface area contributed by atoms with Gasteiger partial charge in [-0.3, -0.25) is 14.6 Å². The number of hydroxylamine groups is 1. The maximum atomic E-state index is 13.1. The van der Waals surface area contributed by atoms with Crippen molar-refractivity contribution in [2.45, 2.75) is 5.03 Å². The molecule has 5 rings (SSSR count). The predicted molar refractivity (Wildman–Crippen MR) is 124 cm³/mol. The molecule has 1 amide bonds. The largest absolute Gasteiger partial charge is 0.345 e. The fraction of sp³-hybridized carbons (Fsp3) is 0.273. The van der Waals surface area contributed by atoms with Gasteiger partial charge in [-0.25, -0.2) is 13.5 Å². The molecule has 3 aromatic rings. The molecule has 1 N–H and O–H groups in total. The lowest BCUT2D eigenvalue weighted by Crippen LogP contribution is -2.52. The van der Waals surface area contributed by atoms with Crippen molar-refractivity contribution >= 4 is 44.1 Å². The van der Waals surface area contributed by atoms with Crippen LogP contribution >= 0.6 is 11.6 Å². The highest BCUT2D eigenvalue weighted by Crippen LogP contribution is 2.26. The van der Waals surface area contributed by atoms with Crippen LogP contribution in [0, 0.1) is 5.92 Å². The highest BCUT2D eigenvalue weighted by molar-refractivity contribution is 7.89. The number of anilines is 1. The van der Waals surface area contributed by atoms with Gasteiger partial charge in [0.2, 0.25) is 5.91 Å². The number of sulfonamides is 1. The van der Waals surface area contributed by atoms with Gasteiger partial charge in [0.25, 0.3) is 10.0 Å². The number of aromatic amines is 1. The third kappa shape index (κ3) is 4.34. The molecule has 2 aliphatic heterocycles. The molecule has 2 aromatic heterocycles. The van der Waals surface area contributed by atoms with E-state index in [1.54, 1.807) is 52.8 Å². The summed E-state index contributed by atoms with van der Waals surface area (Å²) in [6, 6.07) is 10.4. The number of aromatic nitrogens is 2. The number of carbonyl (C=O) groups is 1. The van der Waals surface area contributed by atoms with Gasteiger partial charge < -0.3 is 9.88 Å². The first-order valence-electron chi connectivity index (χ1n) is 10.5. The summed E-state index contributed by atoms with van der Waals surface area (Å²) in [5, 5.41) is 3.00. The van der Waals surface area contributed by atoms with Crippen molar-refractivity contribution in [3.8, 4) is 0 Å². The van der Waals surface area contributed by atoms with Crippen LogP contribution < -0.4 is 5.06 Å². The molecule has 0 spiro atoms. The lowest BCUT2D eigenvalue weighted by Gasteiger charge is -2.36. The number of hydrogen-bond donors (Lipinski definition) is 1. The van der Waals surface area contributed by atoms with Crippen LogP contribution in [0.2, 0.25) is 5.02 Å². The van der Waals surface area contributed by atoms with Crippen molar-refractivity contribution in [2.75, 3.05) is 37.8 Å². The van der Waals surface area contributed by atoms with Crippen LogP contribution in [-0.4, -0.2) is 66.3 Å². The first-order chi connectivity index (χ1) is 15.9. The zero-order valence-corrected chi connectivity index (χ0v) is 19.2. The number of hydrogen-bond acceptors (Lipinski definition) is 6. The molecule has 2 aliphatic rings. The lowest BCUT2D eigenvalue weighted by molar-refractivity contribution is -0.137. The first kappa shape index (κ1) is 21.9. The van der Waals surface area contributed by atoms with E-state index in [-0.39, 0.29) is 30.6 Å². The van der Waals surface area contributed by atoms with Crippen LogP contribution in [0.3, 0.4) is 0 Å². The van der Waals surface area contributed by atoms with Gasteiger partial charge in [-0.1, -0.05) is 17.7 Å². The van der Waals surface area contributed by atoms with Crippen molar-refractivity contribution in [1.82, 2.24) is 19.2 Å². The van der Waals surface area contributed by atoms with Crippen molar-refractivity contribution in [2.24, 2.45) is 5.92 Å². The molecular weight excluding hydrogens is 466 g/mol.